The molecule has 6 nitrogen and oxygen atoms in total. The summed E-state index contributed by atoms with van der Waals surface area (Å²) < 4.78 is 10.1. The molecule has 0 atom stereocenters. The Bertz CT molecular complexity index is 508. The van der Waals surface area contributed by atoms with Gasteiger partial charge in [-0.15, -0.1) is 0 Å². The van der Waals surface area contributed by atoms with Gasteiger partial charge in [-0.3, -0.25) is 4.79 Å². The maximum atomic E-state index is 12.5. The first-order chi connectivity index (χ1) is 9.99. The smallest absolute Gasteiger partial charge is 0.257 e. The third-order valence-corrected chi connectivity index (χ3v) is 3.12. The summed E-state index contributed by atoms with van der Waals surface area (Å²) in [6.45, 7) is 1.14. The van der Waals surface area contributed by atoms with Crippen LogP contribution >= 0.6 is 12.2 Å². The number of methoxy groups -OCH3 is 2. The molecule has 0 saturated carbocycles. The first-order valence-electron chi connectivity index (χ1n) is 6.43. The van der Waals surface area contributed by atoms with Crippen molar-refractivity contribution in [3.63, 3.8) is 0 Å². The zero-order valence-electron chi connectivity index (χ0n) is 12.2. The summed E-state index contributed by atoms with van der Waals surface area (Å²) in [6.07, 6.45) is 0.412. The number of phenols is 1. The van der Waals surface area contributed by atoms with Crippen LogP contribution in [0.15, 0.2) is 18.2 Å². The minimum atomic E-state index is -0.320. The zero-order valence-corrected chi connectivity index (χ0v) is 13.0. The second-order valence-electron chi connectivity index (χ2n) is 4.38. The van der Waals surface area contributed by atoms with Crippen molar-refractivity contribution in [2.75, 3.05) is 33.9 Å². The average molecular weight is 312 g/mol. The van der Waals surface area contributed by atoms with Crippen molar-refractivity contribution in [1.29, 1.82) is 0 Å². The number of aromatic hydroxyl groups is 1. The fourth-order valence-corrected chi connectivity index (χ4v) is 1.84. The number of amides is 1. The SMILES string of the molecule is COCCN(CCC(N)=S)C(=O)c1cc(OC)ccc1O. The quantitative estimate of drug-likeness (QED) is 0.701. The number of benzene rings is 1. The molecule has 0 heterocycles. The lowest BCUT2D eigenvalue weighted by Gasteiger charge is -2.22. The fraction of sp³-hybridized carbons (Fsp3) is 0.429. The Labute approximate surface area is 129 Å². The van der Waals surface area contributed by atoms with Crippen LogP contribution in [-0.4, -0.2) is 54.8 Å². The molecule has 1 amide bonds. The van der Waals surface area contributed by atoms with Crippen molar-refractivity contribution < 1.29 is 19.4 Å². The number of nitrogens with two attached hydrogens (primary N) is 1. The highest BCUT2D eigenvalue weighted by molar-refractivity contribution is 7.80. The maximum absolute atomic E-state index is 12.5. The highest BCUT2D eigenvalue weighted by Crippen LogP contribution is 2.24. The molecule has 1 aromatic carbocycles. The van der Waals surface area contributed by atoms with Gasteiger partial charge in [-0.1, -0.05) is 12.2 Å². The Morgan fingerprint density at radius 2 is 2.10 bits per heavy atom. The summed E-state index contributed by atoms with van der Waals surface area (Å²) in [5.74, 6) is 0.0791. The van der Waals surface area contributed by atoms with E-state index >= 15 is 0 Å². The first kappa shape index (κ1) is 17.2. The predicted octanol–water partition coefficient (Wildman–Crippen LogP) is 1.17. The first-order valence-corrected chi connectivity index (χ1v) is 6.84. The molecule has 0 bridgehead atoms. The van der Waals surface area contributed by atoms with Gasteiger partial charge in [0.25, 0.3) is 5.91 Å². The third-order valence-electron chi connectivity index (χ3n) is 2.91. The number of phenolic OH excluding ortho intramolecular Hbond substituents is 1. The molecule has 0 fully saturated rings. The van der Waals surface area contributed by atoms with Gasteiger partial charge in [0.15, 0.2) is 0 Å². The molecule has 116 valence electrons. The predicted molar refractivity (Wildman–Crippen MR) is 83.8 cm³/mol. The number of hydrogen-bond donors (Lipinski definition) is 2. The lowest BCUT2D eigenvalue weighted by molar-refractivity contribution is 0.0698. The van der Waals surface area contributed by atoms with Gasteiger partial charge in [-0.2, -0.15) is 0 Å². The Hall–Kier alpha value is -1.86. The minimum absolute atomic E-state index is 0.0986. The standard InChI is InChI=1S/C14H20N2O4S/c1-19-8-7-16(6-5-13(15)21)14(18)11-9-10(20-2)3-4-12(11)17/h3-4,9,17H,5-8H2,1-2H3,(H2,15,21). The molecular formula is C14H20N2O4S. The molecule has 1 rings (SSSR count). The monoisotopic (exact) mass is 312 g/mol. The Kier molecular flexibility index (Phi) is 6.90. The second-order valence-corrected chi connectivity index (χ2v) is 4.91. The molecule has 0 saturated heterocycles. The van der Waals surface area contributed by atoms with Gasteiger partial charge in [0.05, 0.1) is 24.3 Å². The molecule has 0 aliphatic rings. The summed E-state index contributed by atoms with van der Waals surface area (Å²) in [5, 5.41) is 9.87. The summed E-state index contributed by atoms with van der Waals surface area (Å²) >= 11 is 4.83. The van der Waals surface area contributed by atoms with Gasteiger partial charge < -0.3 is 25.2 Å². The minimum Gasteiger partial charge on any atom is -0.507 e. The van der Waals surface area contributed by atoms with Crippen molar-refractivity contribution in [2.24, 2.45) is 5.73 Å². The largest absolute Gasteiger partial charge is 0.507 e. The van der Waals surface area contributed by atoms with Crippen molar-refractivity contribution in [2.45, 2.75) is 6.42 Å². The van der Waals surface area contributed by atoms with Crippen molar-refractivity contribution in [3.8, 4) is 11.5 Å². The van der Waals surface area contributed by atoms with E-state index in [4.69, 9.17) is 27.4 Å². The van der Waals surface area contributed by atoms with Crippen LogP contribution in [0, 0.1) is 0 Å². The van der Waals surface area contributed by atoms with Crippen LogP contribution in [0.25, 0.3) is 0 Å². The van der Waals surface area contributed by atoms with Gasteiger partial charge in [-0.05, 0) is 18.2 Å². The van der Waals surface area contributed by atoms with E-state index in [0.29, 0.717) is 36.9 Å². The van der Waals surface area contributed by atoms with E-state index in [1.807, 2.05) is 0 Å². The van der Waals surface area contributed by atoms with Gasteiger partial charge >= 0.3 is 0 Å². The van der Waals surface area contributed by atoms with Crippen LogP contribution in [0.5, 0.6) is 11.5 Å². The number of carbonyl (C=O) groups excluding carboxylic acids is 1. The summed E-state index contributed by atoms with van der Waals surface area (Å²) in [6, 6.07) is 4.51. The van der Waals surface area contributed by atoms with E-state index in [2.05, 4.69) is 0 Å². The molecule has 0 radical (unpaired) electrons. The number of hydrogen-bond acceptors (Lipinski definition) is 5. The van der Waals surface area contributed by atoms with E-state index in [1.54, 1.807) is 13.2 Å². The Morgan fingerprint density at radius 1 is 1.38 bits per heavy atom. The molecule has 0 spiro atoms. The summed E-state index contributed by atoms with van der Waals surface area (Å²) in [4.78, 5) is 14.4. The van der Waals surface area contributed by atoms with E-state index in [1.165, 1.54) is 24.1 Å². The average Bonchev–Trinajstić information content (AvgIpc) is 2.47. The summed E-state index contributed by atoms with van der Waals surface area (Å²) in [5.41, 5.74) is 5.65. The van der Waals surface area contributed by atoms with Crippen LogP contribution in [0.3, 0.4) is 0 Å². The van der Waals surface area contributed by atoms with Crippen LogP contribution in [-0.2, 0) is 4.74 Å². The number of carbonyl (C=O) groups is 1. The maximum Gasteiger partial charge on any atom is 0.257 e. The van der Waals surface area contributed by atoms with Crippen molar-refractivity contribution in [1.82, 2.24) is 4.90 Å². The molecule has 1 aromatic rings. The number of rotatable bonds is 8. The lowest BCUT2D eigenvalue weighted by Crippen LogP contribution is -2.36. The lowest BCUT2D eigenvalue weighted by atomic mass is 10.1. The Balaban J connectivity index is 2.94. The second kappa shape index (κ2) is 8.43. The fourth-order valence-electron chi connectivity index (χ4n) is 1.75. The normalized spacial score (nSPS) is 10.2. The highest BCUT2D eigenvalue weighted by Gasteiger charge is 2.19. The van der Waals surface area contributed by atoms with Crippen molar-refractivity contribution in [3.05, 3.63) is 23.8 Å². The number of nitrogens with zero attached hydrogens (tertiary/aromatic N) is 1. The molecular weight excluding hydrogens is 292 g/mol. The molecule has 0 aromatic heterocycles. The number of thiocarbonyl (C=S) groups is 1. The van der Waals surface area contributed by atoms with E-state index in [0.717, 1.165) is 0 Å². The van der Waals surface area contributed by atoms with Gasteiger partial charge in [-0.25, -0.2) is 0 Å². The molecule has 0 unspecified atom stereocenters. The third kappa shape index (κ3) is 5.20. The van der Waals surface area contributed by atoms with Crippen LogP contribution in [0.1, 0.15) is 16.8 Å². The van der Waals surface area contributed by atoms with Crippen LogP contribution in [0.4, 0.5) is 0 Å². The van der Waals surface area contributed by atoms with Crippen molar-refractivity contribution >= 4 is 23.1 Å². The van der Waals surface area contributed by atoms with Gasteiger partial charge in [0, 0.05) is 26.6 Å². The molecule has 0 aliphatic heterocycles. The van der Waals surface area contributed by atoms with E-state index < -0.39 is 0 Å². The van der Waals surface area contributed by atoms with E-state index in [9.17, 15) is 9.90 Å². The van der Waals surface area contributed by atoms with Gasteiger partial charge in [0.1, 0.15) is 11.5 Å². The van der Waals surface area contributed by atoms with Crippen LogP contribution in [0.2, 0.25) is 0 Å². The molecule has 7 heteroatoms. The molecule has 0 aliphatic carbocycles. The summed E-state index contributed by atoms with van der Waals surface area (Å²) in [7, 11) is 3.05. The molecule has 3 N–H and O–H groups in total. The van der Waals surface area contributed by atoms with Gasteiger partial charge in [0.2, 0.25) is 0 Å². The topological polar surface area (TPSA) is 85.0 Å². The Morgan fingerprint density at radius 3 is 2.67 bits per heavy atom. The number of ether oxygens (including phenoxy) is 2. The highest BCUT2D eigenvalue weighted by atomic mass is 32.1. The van der Waals surface area contributed by atoms with Crippen LogP contribution < -0.4 is 10.5 Å². The van der Waals surface area contributed by atoms with E-state index in [-0.39, 0.29) is 17.2 Å². The zero-order chi connectivity index (χ0) is 15.8. The molecule has 21 heavy (non-hydrogen) atoms.